The highest BCUT2D eigenvalue weighted by molar-refractivity contribution is 6.37. The lowest BCUT2D eigenvalue weighted by atomic mass is 9.99. The third-order valence-corrected chi connectivity index (χ3v) is 6.94. The molecule has 1 saturated heterocycles. The van der Waals surface area contributed by atoms with Crippen LogP contribution < -0.4 is 15.5 Å². The number of anilines is 3. The third-order valence-electron chi connectivity index (χ3n) is 6.94. The van der Waals surface area contributed by atoms with Crippen LogP contribution in [0.3, 0.4) is 0 Å². The molecule has 194 valence electrons. The fourth-order valence-corrected chi connectivity index (χ4v) is 4.87. The molecule has 0 aromatic heterocycles. The number of piperidine rings is 1. The molecule has 0 saturated carbocycles. The summed E-state index contributed by atoms with van der Waals surface area (Å²) in [4.78, 5) is 41.7. The van der Waals surface area contributed by atoms with Gasteiger partial charge in [0.25, 0.3) is 5.91 Å². The van der Waals surface area contributed by atoms with Gasteiger partial charge in [0.1, 0.15) is 0 Å². The zero-order chi connectivity index (χ0) is 26.6. The smallest absolute Gasteiger partial charge is 0.337 e. The van der Waals surface area contributed by atoms with E-state index in [-0.39, 0.29) is 11.9 Å². The van der Waals surface area contributed by atoms with E-state index in [1.165, 1.54) is 13.5 Å². The molecule has 8 nitrogen and oxygen atoms in total. The lowest BCUT2D eigenvalue weighted by molar-refractivity contribution is -0.110. The molecule has 1 fully saturated rings. The molecule has 3 aromatic carbocycles. The lowest BCUT2D eigenvalue weighted by Crippen LogP contribution is -2.43. The normalized spacial score (nSPS) is 15.8. The van der Waals surface area contributed by atoms with Crippen molar-refractivity contribution in [2.45, 2.75) is 19.3 Å². The Morgan fingerprint density at radius 3 is 2.32 bits per heavy atom. The Kier molecular flexibility index (Phi) is 7.13. The van der Waals surface area contributed by atoms with Gasteiger partial charge in [0.05, 0.1) is 29.6 Å². The van der Waals surface area contributed by atoms with Crippen molar-refractivity contribution in [1.29, 1.82) is 0 Å². The van der Waals surface area contributed by atoms with Crippen molar-refractivity contribution in [3.05, 3.63) is 89.5 Å². The highest BCUT2D eigenvalue weighted by atomic mass is 16.5. The minimum absolute atomic E-state index is 0.00283. The molecule has 2 aliphatic heterocycles. The van der Waals surface area contributed by atoms with Crippen LogP contribution in [0.2, 0.25) is 0 Å². The first-order valence-electron chi connectivity index (χ1n) is 12.7. The molecule has 38 heavy (non-hydrogen) atoms. The Balaban J connectivity index is 1.46. The minimum Gasteiger partial charge on any atom is -0.465 e. The lowest BCUT2D eigenvalue weighted by Gasteiger charge is -2.31. The van der Waals surface area contributed by atoms with E-state index in [0.717, 1.165) is 42.9 Å². The predicted molar refractivity (Wildman–Crippen MR) is 149 cm³/mol. The fraction of sp³-hybridized carbons (Fsp3) is 0.233. The van der Waals surface area contributed by atoms with E-state index in [1.54, 1.807) is 30.1 Å². The number of fused-ring (bicyclic) bond motifs is 1. The molecule has 0 radical (unpaired) electrons. The average Bonchev–Trinajstić information content (AvgIpc) is 3.30. The number of hydrogen-bond donors (Lipinski definition) is 2. The van der Waals surface area contributed by atoms with Gasteiger partial charge in [-0.05, 0) is 61.2 Å². The standard InChI is InChI=1S/C30H30N4O4/c1-33(30(37)34-17-7-4-8-18-34)23-14-12-22(13-15-23)31-27(20-9-5-3-6-10-20)26-24-16-11-21(29(36)38-2)19-25(24)32-28(26)35/h3,5-6,9-16,19,31H,4,7-8,17-18H2,1-2H3,(H,32,35)/b27-26-. The molecule has 3 amide bonds. The second-order valence-electron chi connectivity index (χ2n) is 9.38. The molecule has 3 aromatic rings. The average molecular weight is 511 g/mol. The Morgan fingerprint density at radius 1 is 0.921 bits per heavy atom. The minimum atomic E-state index is -0.468. The number of ether oxygens (including phenoxy) is 1. The number of nitrogens with one attached hydrogen (secondary N) is 2. The van der Waals surface area contributed by atoms with E-state index < -0.39 is 5.97 Å². The number of carbonyl (C=O) groups excluding carboxylic acids is 3. The molecule has 0 aliphatic carbocycles. The molecular formula is C30H30N4O4. The molecule has 8 heteroatoms. The first-order chi connectivity index (χ1) is 18.5. The number of amides is 3. The number of rotatable bonds is 5. The topological polar surface area (TPSA) is 91.0 Å². The summed E-state index contributed by atoms with van der Waals surface area (Å²) in [5.74, 6) is -0.735. The van der Waals surface area contributed by atoms with Crippen LogP contribution in [-0.2, 0) is 9.53 Å². The van der Waals surface area contributed by atoms with Gasteiger partial charge in [-0.25, -0.2) is 9.59 Å². The summed E-state index contributed by atoms with van der Waals surface area (Å²) in [6, 6.07) is 22.2. The number of esters is 1. The predicted octanol–water partition coefficient (Wildman–Crippen LogP) is 5.45. The van der Waals surface area contributed by atoms with Crippen LogP contribution in [0, 0.1) is 0 Å². The molecule has 0 spiro atoms. The van der Waals surface area contributed by atoms with Crippen molar-refractivity contribution in [2.24, 2.45) is 0 Å². The Hall–Kier alpha value is -4.59. The zero-order valence-corrected chi connectivity index (χ0v) is 21.5. The van der Waals surface area contributed by atoms with Crippen molar-refractivity contribution >= 4 is 46.2 Å². The first kappa shape index (κ1) is 25.1. The molecule has 0 unspecified atom stereocenters. The third kappa shape index (κ3) is 4.98. The Morgan fingerprint density at radius 2 is 1.63 bits per heavy atom. The largest absolute Gasteiger partial charge is 0.465 e. The summed E-state index contributed by atoms with van der Waals surface area (Å²) in [5, 5.41) is 6.31. The van der Waals surface area contributed by atoms with Crippen molar-refractivity contribution in [1.82, 2.24) is 4.90 Å². The summed E-state index contributed by atoms with van der Waals surface area (Å²) in [6.07, 6.45) is 3.25. The molecular weight excluding hydrogens is 480 g/mol. The number of methoxy groups -OCH3 is 1. The van der Waals surface area contributed by atoms with Crippen molar-refractivity contribution in [3.63, 3.8) is 0 Å². The van der Waals surface area contributed by atoms with Crippen LogP contribution in [0.4, 0.5) is 21.9 Å². The number of likely N-dealkylation sites (tertiary alicyclic amines) is 1. The SMILES string of the molecule is COC(=O)c1ccc2c(c1)NC(=O)/C2=C(\Nc1ccc(N(C)C(=O)N2CCCCC2)cc1)c1ccccc1. The molecule has 5 rings (SSSR count). The maximum absolute atomic E-state index is 13.2. The number of benzene rings is 3. The zero-order valence-electron chi connectivity index (χ0n) is 21.5. The highest BCUT2D eigenvalue weighted by Gasteiger charge is 2.29. The van der Waals surface area contributed by atoms with E-state index in [1.807, 2.05) is 59.5 Å². The summed E-state index contributed by atoms with van der Waals surface area (Å²) in [5.41, 5.74) is 5.12. The van der Waals surface area contributed by atoms with Crippen molar-refractivity contribution in [2.75, 3.05) is 42.8 Å². The van der Waals surface area contributed by atoms with E-state index >= 15 is 0 Å². The number of hydrogen-bond acceptors (Lipinski definition) is 5. The maximum atomic E-state index is 13.2. The van der Waals surface area contributed by atoms with E-state index in [0.29, 0.717) is 28.1 Å². The molecule has 2 heterocycles. The van der Waals surface area contributed by atoms with Gasteiger partial charge in [0.2, 0.25) is 0 Å². The van der Waals surface area contributed by atoms with Gasteiger partial charge in [-0.15, -0.1) is 0 Å². The number of nitrogens with zero attached hydrogens (tertiary/aromatic N) is 2. The van der Waals surface area contributed by atoms with Gasteiger partial charge in [0, 0.05) is 37.1 Å². The molecule has 0 atom stereocenters. The second-order valence-corrected chi connectivity index (χ2v) is 9.38. The quantitative estimate of drug-likeness (QED) is 0.352. The van der Waals surface area contributed by atoms with E-state index in [2.05, 4.69) is 10.6 Å². The Bertz CT molecular complexity index is 1390. The van der Waals surface area contributed by atoms with Crippen molar-refractivity contribution < 1.29 is 19.1 Å². The van der Waals surface area contributed by atoms with Crippen LogP contribution >= 0.6 is 0 Å². The van der Waals surface area contributed by atoms with Gasteiger partial charge in [-0.2, -0.15) is 0 Å². The summed E-state index contributed by atoms with van der Waals surface area (Å²) >= 11 is 0. The van der Waals surface area contributed by atoms with Gasteiger partial charge >= 0.3 is 12.0 Å². The summed E-state index contributed by atoms with van der Waals surface area (Å²) in [6.45, 7) is 1.59. The summed E-state index contributed by atoms with van der Waals surface area (Å²) in [7, 11) is 3.11. The Labute approximate surface area is 221 Å². The first-order valence-corrected chi connectivity index (χ1v) is 12.7. The second kappa shape index (κ2) is 10.8. The van der Waals surface area contributed by atoms with Gasteiger partial charge in [-0.3, -0.25) is 9.69 Å². The van der Waals surface area contributed by atoms with Crippen LogP contribution in [0.1, 0.15) is 40.7 Å². The molecule has 2 N–H and O–H groups in total. The van der Waals surface area contributed by atoms with Crippen molar-refractivity contribution in [3.8, 4) is 0 Å². The van der Waals surface area contributed by atoms with Crippen LogP contribution in [0.25, 0.3) is 11.3 Å². The van der Waals surface area contributed by atoms with E-state index in [9.17, 15) is 14.4 Å². The molecule has 0 bridgehead atoms. The monoisotopic (exact) mass is 510 g/mol. The number of urea groups is 1. The van der Waals surface area contributed by atoms with Gasteiger partial charge in [0.15, 0.2) is 0 Å². The maximum Gasteiger partial charge on any atom is 0.337 e. The number of carbonyl (C=O) groups is 3. The fourth-order valence-electron chi connectivity index (χ4n) is 4.87. The van der Waals surface area contributed by atoms with Gasteiger partial charge in [-0.1, -0.05) is 36.4 Å². The molecule has 2 aliphatic rings. The van der Waals surface area contributed by atoms with Crippen LogP contribution in [-0.4, -0.2) is 50.1 Å². The van der Waals surface area contributed by atoms with E-state index in [4.69, 9.17) is 4.74 Å². The van der Waals surface area contributed by atoms with Gasteiger partial charge < -0.3 is 20.3 Å². The van der Waals surface area contributed by atoms with Crippen LogP contribution in [0.15, 0.2) is 72.8 Å². The summed E-state index contributed by atoms with van der Waals surface area (Å²) < 4.78 is 4.82. The van der Waals surface area contributed by atoms with Crippen LogP contribution in [0.5, 0.6) is 0 Å². The highest BCUT2D eigenvalue weighted by Crippen LogP contribution is 2.38.